The summed E-state index contributed by atoms with van der Waals surface area (Å²) >= 11 is 0. The molecule has 0 spiro atoms. The Kier molecular flexibility index (Phi) is 8.31. The molecule has 1 amide bonds. The van der Waals surface area contributed by atoms with E-state index in [4.69, 9.17) is 4.74 Å². The lowest BCUT2D eigenvalue weighted by Crippen LogP contribution is -2.30. The van der Waals surface area contributed by atoms with Gasteiger partial charge in [-0.15, -0.1) is 0 Å². The van der Waals surface area contributed by atoms with E-state index in [0.717, 1.165) is 27.4 Å². The molecule has 0 aliphatic carbocycles. The fraction of sp³-hybridized carbons (Fsp3) is 0.269. The van der Waals surface area contributed by atoms with Crippen molar-refractivity contribution in [3.05, 3.63) is 98.6 Å². The molecule has 0 bridgehead atoms. The van der Waals surface area contributed by atoms with E-state index in [1.165, 1.54) is 25.1 Å². The number of hydrogen-bond donors (Lipinski definition) is 1. The summed E-state index contributed by atoms with van der Waals surface area (Å²) in [6, 6.07) is 16.8. The van der Waals surface area contributed by atoms with Crippen LogP contribution in [0.25, 0.3) is 0 Å². The van der Waals surface area contributed by atoms with Crippen LogP contribution < -0.4 is 14.4 Å². The van der Waals surface area contributed by atoms with Crippen molar-refractivity contribution >= 4 is 27.3 Å². The van der Waals surface area contributed by atoms with Crippen LogP contribution >= 0.6 is 0 Å². The van der Waals surface area contributed by atoms with E-state index in [9.17, 15) is 23.3 Å². The Hall–Kier alpha value is -3.92. The van der Waals surface area contributed by atoms with Crippen molar-refractivity contribution in [3.8, 4) is 5.75 Å². The molecule has 0 aromatic heterocycles. The Morgan fingerprint density at radius 2 is 1.75 bits per heavy atom. The van der Waals surface area contributed by atoms with E-state index < -0.39 is 14.9 Å². The number of nitrogens with one attached hydrogen (secondary N) is 1. The number of nitro groups is 1. The van der Waals surface area contributed by atoms with Crippen LogP contribution in [0.15, 0.2) is 60.7 Å². The Bertz CT molecular complexity index is 1370. The third kappa shape index (κ3) is 6.60. The van der Waals surface area contributed by atoms with Gasteiger partial charge in [0.1, 0.15) is 12.4 Å². The first-order chi connectivity index (χ1) is 17.0. The normalized spacial score (nSPS) is 11.1. The predicted octanol–water partition coefficient (Wildman–Crippen LogP) is 4.30. The number of nitrogens with zero attached hydrogens (tertiary/aromatic N) is 2. The van der Waals surface area contributed by atoms with E-state index in [1.54, 1.807) is 24.3 Å². The number of ether oxygens (including phenoxy) is 1. The molecule has 190 valence electrons. The quantitative estimate of drug-likeness (QED) is 0.246. The molecule has 0 atom stereocenters. The summed E-state index contributed by atoms with van der Waals surface area (Å²) in [7, 11) is -3.73. The van der Waals surface area contributed by atoms with Gasteiger partial charge in [0, 0.05) is 11.6 Å². The van der Waals surface area contributed by atoms with Crippen LogP contribution in [0.2, 0.25) is 0 Å². The zero-order valence-corrected chi connectivity index (χ0v) is 21.5. The van der Waals surface area contributed by atoms with Crippen molar-refractivity contribution in [1.29, 1.82) is 0 Å². The van der Waals surface area contributed by atoms with E-state index in [0.29, 0.717) is 24.3 Å². The van der Waals surface area contributed by atoms with Crippen LogP contribution in [-0.2, 0) is 16.6 Å². The van der Waals surface area contributed by atoms with Gasteiger partial charge in [-0.25, -0.2) is 8.42 Å². The molecular formula is C26H29N3O6S. The summed E-state index contributed by atoms with van der Waals surface area (Å²) in [5, 5.41) is 14.1. The number of carbonyl (C=O) groups excluding carboxylic acids is 1. The van der Waals surface area contributed by atoms with E-state index in [-0.39, 0.29) is 29.4 Å². The van der Waals surface area contributed by atoms with Crippen molar-refractivity contribution in [2.45, 2.75) is 27.3 Å². The van der Waals surface area contributed by atoms with Gasteiger partial charge in [0.25, 0.3) is 11.6 Å². The second-order valence-corrected chi connectivity index (χ2v) is 10.4. The van der Waals surface area contributed by atoms with Gasteiger partial charge in [0.15, 0.2) is 0 Å². The van der Waals surface area contributed by atoms with Gasteiger partial charge in [0.05, 0.1) is 35.5 Å². The molecule has 1 N–H and O–H groups in total. The monoisotopic (exact) mass is 511 g/mol. The molecule has 0 saturated heterocycles. The van der Waals surface area contributed by atoms with Gasteiger partial charge >= 0.3 is 0 Å². The Labute approximate surface area is 210 Å². The molecule has 3 aromatic rings. The van der Waals surface area contributed by atoms with E-state index in [2.05, 4.69) is 5.32 Å². The minimum absolute atomic E-state index is 0.0352. The Morgan fingerprint density at radius 1 is 1.06 bits per heavy atom. The standard InChI is InChI=1S/C26H29N3O6S/c1-18-8-13-25(19(2)16-18)35-15-14-27-26(30)22-11-9-21(10-12-22)17-28(36(4,33)34)23-6-5-7-24(20(23)3)29(31)32/h5-13,16H,14-15,17H2,1-4H3,(H,27,30). The first kappa shape index (κ1) is 26.7. The maximum Gasteiger partial charge on any atom is 0.274 e. The number of carbonyl (C=O) groups is 1. The highest BCUT2D eigenvalue weighted by Crippen LogP contribution is 2.31. The highest BCUT2D eigenvalue weighted by Gasteiger charge is 2.24. The summed E-state index contributed by atoms with van der Waals surface area (Å²) in [5.74, 6) is 0.494. The number of anilines is 1. The minimum atomic E-state index is -3.73. The van der Waals surface area contributed by atoms with Crippen LogP contribution in [-0.4, -0.2) is 38.7 Å². The van der Waals surface area contributed by atoms with Crippen molar-refractivity contribution < 1.29 is 22.9 Å². The van der Waals surface area contributed by atoms with Crippen molar-refractivity contribution in [2.24, 2.45) is 0 Å². The van der Waals surface area contributed by atoms with E-state index >= 15 is 0 Å². The number of sulfonamides is 1. The molecule has 0 saturated carbocycles. The fourth-order valence-corrected chi connectivity index (χ4v) is 4.72. The van der Waals surface area contributed by atoms with E-state index in [1.807, 2.05) is 32.0 Å². The zero-order valence-electron chi connectivity index (χ0n) is 20.6. The van der Waals surface area contributed by atoms with Gasteiger partial charge in [-0.05, 0) is 56.2 Å². The summed E-state index contributed by atoms with van der Waals surface area (Å²) in [6.45, 7) is 6.10. The van der Waals surface area contributed by atoms with Gasteiger partial charge < -0.3 is 10.1 Å². The van der Waals surface area contributed by atoms with Crippen LogP contribution in [0.1, 0.15) is 32.6 Å². The largest absolute Gasteiger partial charge is 0.491 e. The second kappa shape index (κ2) is 11.2. The first-order valence-electron chi connectivity index (χ1n) is 11.3. The van der Waals surface area contributed by atoms with Gasteiger partial charge in [-0.3, -0.25) is 19.2 Å². The highest BCUT2D eigenvalue weighted by atomic mass is 32.2. The molecule has 10 heteroatoms. The maximum absolute atomic E-state index is 12.5. The maximum atomic E-state index is 12.5. The van der Waals surface area contributed by atoms with Crippen LogP contribution in [0.3, 0.4) is 0 Å². The first-order valence-corrected chi connectivity index (χ1v) is 13.1. The smallest absolute Gasteiger partial charge is 0.274 e. The zero-order chi connectivity index (χ0) is 26.5. The van der Waals surface area contributed by atoms with Crippen LogP contribution in [0, 0.1) is 30.9 Å². The molecule has 3 aromatic carbocycles. The molecule has 0 aliphatic heterocycles. The lowest BCUT2D eigenvalue weighted by molar-refractivity contribution is -0.385. The molecule has 3 rings (SSSR count). The number of amides is 1. The summed E-state index contributed by atoms with van der Waals surface area (Å²) < 4.78 is 31.9. The molecule has 0 aliphatic rings. The Morgan fingerprint density at radius 3 is 2.36 bits per heavy atom. The van der Waals surface area contributed by atoms with Crippen molar-refractivity contribution in [1.82, 2.24) is 5.32 Å². The predicted molar refractivity (Wildman–Crippen MR) is 139 cm³/mol. The molecular weight excluding hydrogens is 482 g/mol. The topological polar surface area (TPSA) is 119 Å². The summed E-state index contributed by atoms with van der Waals surface area (Å²) in [4.78, 5) is 23.2. The number of hydrogen-bond acceptors (Lipinski definition) is 6. The lowest BCUT2D eigenvalue weighted by atomic mass is 10.1. The van der Waals surface area contributed by atoms with Crippen LogP contribution in [0.5, 0.6) is 5.75 Å². The average molecular weight is 512 g/mol. The average Bonchev–Trinajstić information content (AvgIpc) is 2.81. The minimum Gasteiger partial charge on any atom is -0.491 e. The summed E-state index contributed by atoms with van der Waals surface area (Å²) in [5.41, 5.74) is 3.56. The number of aryl methyl sites for hydroxylation is 2. The molecule has 0 fully saturated rings. The number of benzene rings is 3. The molecule has 0 unspecified atom stereocenters. The molecule has 36 heavy (non-hydrogen) atoms. The number of nitro benzene ring substituents is 1. The molecule has 0 heterocycles. The second-order valence-electron chi connectivity index (χ2n) is 8.52. The number of rotatable bonds is 10. The summed E-state index contributed by atoms with van der Waals surface area (Å²) in [6.07, 6.45) is 1.05. The third-order valence-electron chi connectivity index (χ3n) is 5.66. The fourth-order valence-electron chi connectivity index (χ4n) is 3.78. The molecule has 9 nitrogen and oxygen atoms in total. The van der Waals surface area contributed by atoms with Crippen molar-refractivity contribution in [2.75, 3.05) is 23.7 Å². The highest BCUT2D eigenvalue weighted by molar-refractivity contribution is 7.92. The SMILES string of the molecule is Cc1ccc(OCCNC(=O)c2ccc(CN(c3cccc([N+](=O)[O-])c3C)S(C)(=O)=O)cc2)c(C)c1. The van der Waals surface area contributed by atoms with Crippen LogP contribution in [0.4, 0.5) is 11.4 Å². The van der Waals surface area contributed by atoms with Gasteiger partial charge in [-0.2, -0.15) is 0 Å². The van der Waals surface area contributed by atoms with Gasteiger partial charge in [-0.1, -0.05) is 35.9 Å². The lowest BCUT2D eigenvalue weighted by Gasteiger charge is -2.24. The van der Waals surface area contributed by atoms with Crippen molar-refractivity contribution in [3.63, 3.8) is 0 Å². The molecule has 0 radical (unpaired) electrons. The third-order valence-corrected chi connectivity index (χ3v) is 6.79. The van der Waals surface area contributed by atoms with Gasteiger partial charge in [0.2, 0.25) is 10.0 Å². The Balaban J connectivity index is 1.64.